The average Bonchev–Trinajstić information content (AvgIpc) is 2.17. The molecule has 1 saturated carbocycles. The predicted molar refractivity (Wildman–Crippen MR) is 55.8 cm³/mol. The molecule has 1 rings (SSSR count). The van der Waals surface area contributed by atoms with Crippen LogP contribution in [0.4, 0.5) is 0 Å². The van der Waals surface area contributed by atoms with Crippen LogP contribution in [0.5, 0.6) is 0 Å². The van der Waals surface area contributed by atoms with Crippen molar-refractivity contribution in [1.29, 1.82) is 0 Å². The Balaban J connectivity index is 2.44. The highest BCUT2D eigenvalue weighted by atomic mass is 16.5. The first kappa shape index (κ1) is 11.5. The molecule has 0 bridgehead atoms. The first-order chi connectivity index (χ1) is 6.56. The van der Waals surface area contributed by atoms with Crippen molar-refractivity contribution in [3.8, 4) is 0 Å². The molecule has 1 atom stereocenters. The van der Waals surface area contributed by atoms with E-state index in [2.05, 4.69) is 0 Å². The molecule has 3 heteroatoms. The van der Waals surface area contributed by atoms with Crippen LogP contribution >= 0.6 is 0 Å². The maximum atomic E-state index is 11.4. The Labute approximate surface area is 86.0 Å². The number of carbonyl (C=O) groups excluding carboxylic acids is 1. The molecule has 0 aromatic carbocycles. The smallest absolute Gasteiger partial charge is 0.325 e. The van der Waals surface area contributed by atoms with Crippen LogP contribution in [0.15, 0.2) is 0 Å². The van der Waals surface area contributed by atoms with Crippen molar-refractivity contribution in [2.45, 2.75) is 51.0 Å². The quantitative estimate of drug-likeness (QED) is 0.706. The van der Waals surface area contributed by atoms with Gasteiger partial charge in [0.05, 0.1) is 7.11 Å². The van der Waals surface area contributed by atoms with Gasteiger partial charge in [-0.2, -0.15) is 0 Å². The fourth-order valence-corrected chi connectivity index (χ4v) is 2.31. The summed E-state index contributed by atoms with van der Waals surface area (Å²) in [5.74, 6) is 0.320. The highest BCUT2D eigenvalue weighted by Crippen LogP contribution is 2.30. The largest absolute Gasteiger partial charge is 0.468 e. The molecule has 2 N–H and O–H groups in total. The summed E-state index contributed by atoms with van der Waals surface area (Å²) in [6.45, 7) is 1.77. The van der Waals surface area contributed by atoms with Crippen molar-refractivity contribution in [2.24, 2.45) is 11.7 Å². The van der Waals surface area contributed by atoms with Crippen molar-refractivity contribution in [2.75, 3.05) is 7.11 Å². The molecule has 14 heavy (non-hydrogen) atoms. The van der Waals surface area contributed by atoms with Crippen LogP contribution in [0, 0.1) is 5.92 Å². The molecule has 82 valence electrons. The van der Waals surface area contributed by atoms with E-state index in [9.17, 15) is 4.79 Å². The van der Waals surface area contributed by atoms with E-state index in [-0.39, 0.29) is 5.97 Å². The van der Waals surface area contributed by atoms with E-state index < -0.39 is 5.54 Å². The van der Waals surface area contributed by atoms with Gasteiger partial charge < -0.3 is 10.5 Å². The zero-order valence-electron chi connectivity index (χ0n) is 9.21. The first-order valence-corrected chi connectivity index (χ1v) is 5.43. The van der Waals surface area contributed by atoms with Crippen LogP contribution in [0.2, 0.25) is 0 Å². The minimum absolute atomic E-state index is 0.289. The standard InChI is InChI=1S/C11H21NO2/c1-11(12,10(13)14-2)8-9-6-4-3-5-7-9/h9H,3-8,12H2,1-2H3. The Morgan fingerprint density at radius 3 is 2.50 bits per heavy atom. The van der Waals surface area contributed by atoms with E-state index >= 15 is 0 Å². The van der Waals surface area contributed by atoms with Gasteiger partial charge in [-0.3, -0.25) is 4.79 Å². The number of methoxy groups -OCH3 is 1. The summed E-state index contributed by atoms with van der Waals surface area (Å²) in [6, 6.07) is 0. The van der Waals surface area contributed by atoms with Gasteiger partial charge in [-0.15, -0.1) is 0 Å². The third kappa shape index (κ3) is 2.98. The summed E-state index contributed by atoms with van der Waals surface area (Å²) in [4.78, 5) is 11.4. The number of nitrogens with two attached hydrogens (primary N) is 1. The summed E-state index contributed by atoms with van der Waals surface area (Å²) in [6.07, 6.45) is 7.08. The third-order valence-electron chi connectivity index (χ3n) is 3.09. The maximum Gasteiger partial charge on any atom is 0.325 e. The Hall–Kier alpha value is -0.570. The van der Waals surface area contributed by atoms with Crippen molar-refractivity contribution in [3.63, 3.8) is 0 Å². The highest BCUT2D eigenvalue weighted by Gasteiger charge is 2.32. The lowest BCUT2D eigenvalue weighted by molar-refractivity contribution is -0.147. The molecule has 0 radical (unpaired) electrons. The van der Waals surface area contributed by atoms with Gasteiger partial charge in [-0.05, 0) is 19.3 Å². The fraction of sp³-hybridized carbons (Fsp3) is 0.909. The van der Waals surface area contributed by atoms with E-state index in [0.717, 1.165) is 6.42 Å². The molecule has 1 aliphatic rings. The first-order valence-electron chi connectivity index (χ1n) is 5.43. The van der Waals surface area contributed by atoms with E-state index in [1.54, 1.807) is 6.92 Å². The molecule has 0 aromatic heterocycles. The van der Waals surface area contributed by atoms with Crippen LogP contribution in [0.25, 0.3) is 0 Å². The normalized spacial score (nSPS) is 22.8. The van der Waals surface area contributed by atoms with Crippen molar-refractivity contribution in [1.82, 2.24) is 0 Å². The zero-order valence-corrected chi connectivity index (χ0v) is 9.21. The van der Waals surface area contributed by atoms with Crippen molar-refractivity contribution < 1.29 is 9.53 Å². The second-order valence-electron chi connectivity index (χ2n) is 4.62. The van der Waals surface area contributed by atoms with Gasteiger partial charge in [0.1, 0.15) is 5.54 Å². The summed E-state index contributed by atoms with van der Waals surface area (Å²) < 4.78 is 4.69. The predicted octanol–water partition coefficient (Wildman–Crippen LogP) is 1.85. The fourth-order valence-electron chi connectivity index (χ4n) is 2.31. The summed E-state index contributed by atoms with van der Waals surface area (Å²) >= 11 is 0. The summed E-state index contributed by atoms with van der Waals surface area (Å²) in [5.41, 5.74) is 5.13. The topological polar surface area (TPSA) is 52.3 Å². The van der Waals surface area contributed by atoms with Crippen molar-refractivity contribution >= 4 is 5.97 Å². The van der Waals surface area contributed by atoms with Crippen LogP contribution < -0.4 is 5.73 Å². The monoisotopic (exact) mass is 199 g/mol. The average molecular weight is 199 g/mol. The Bertz CT molecular complexity index is 195. The molecule has 0 spiro atoms. The van der Waals surface area contributed by atoms with E-state index in [0.29, 0.717) is 5.92 Å². The molecule has 0 aromatic rings. The lowest BCUT2D eigenvalue weighted by Gasteiger charge is -2.29. The molecule has 0 saturated heterocycles. The number of carbonyl (C=O) groups is 1. The minimum atomic E-state index is -0.795. The number of esters is 1. The minimum Gasteiger partial charge on any atom is -0.468 e. The molecular weight excluding hydrogens is 178 g/mol. The number of hydrogen-bond acceptors (Lipinski definition) is 3. The molecule has 1 fully saturated rings. The lowest BCUT2D eigenvalue weighted by atomic mass is 9.80. The van der Waals surface area contributed by atoms with E-state index in [1.165, 1.54) is 39.2 Å². The van der Waals surface area contributed by atoms with E-state index in [1.807, 2.05) is 0 Å². The van der Waals surface area contributed by atoms with Crippen molar-refractivity contribution in [3.05, 3.63) is 0 Å². The molecule has 0 aliphatic heterocycles. The second kappa shape index (κ2) is 4.78. The molecule has 0 amide bonds. The number of hydrogen-bond donors (Lipinski definition) is 1. The summed E-state index contributed by atoms with van der Waals surface area (Å²) in [7, 11) is 1.40. The van der Waals surface area contributed by atoms with Gasteiger partial charge in [0.15, 0.2) is 0 Å². The zero-order chi connectivity index (χ0) is 10.6. The number of rotatable bonds is 3. The van der Waals surface area contributed by atoms with E-state index in [4.69, 9.17) is 10.5 Å². The summed E-state index contributed by atoms with van der Waals surface area (Å²) in [5, 5.41) is 0. The Morgan fingerprint density at radius 1 is 1.43 bits per heavy atom. The molecule has 0 heterocycles. The second-order valence-corrected chi connectivity index (χ2v) is 4.62. The molecular formula is C11H21NO2. The molecule has 1 unspecified atom stereocenters. The lowest BCUT2D eigenvalue weighted by Crippen LogP contribution is -2.47. The van der Waals surface area contributed by atoms with Crippen LogP contribution in [0.1, 0.15) is 45.4 Å². The Morgan fingerprint density at radius 2 is 2.00 bits per heavy atom. The van der Waals surface area contributed by atoms with Gasteiger partial charge >= 0.3 is 5.97 Å². The maximum absolute atomic E-state index is 11.4. The van der Waals surface area contributed by atoms with Crippen LogP contribution in [-0.2, 0) is 9.53 Å². The molecule has 3 nitrogen and oxygen atoms in total. The van der Waals surface area contributed by atoms with Gasteiger partial charge in [0.25, 0.3) is 0 Å². The SMILES string of the molecule is COC(=O)C(C)(N)CC1CCCCC1. The molecule has 1 aliphatic carbocycles. The van der Waals surface area contributed by atoms with Crippen LogP contribution in [-0.4, -0.2) is 18.6 Å². The van der Waals surface area contributed by atoms with Crippen LogP contribution in [0.3, 0.4) is 0 Å². The van der Waals surface area contributed by atoms with Gasteiger partial charge in [0, 0.05) is 0 Å². The van der Waals surface area contributed by atoms with Gasteiger partial charge in [-0.25, -0.2) is 0 Å². The van der Waals surface area contributed by atoms with Gasteiger partial charge in [-0.1, -0.05) is 32.1 Å². The third-order valence-corrected chi connectivity index (χ3v) is 3.09. The number of ether oxygens (including phenoxy) is 1. The van der Waals surface area contributed by atoms with Gasteiger partial charge in [0.2, 0.25) is 0 Å². The Kier molecular flexibility index (Phi) is 3.93. The highest BCUT2D eigenvalue weighted by molar-refractivity contribution is 5.79.